The summed E-state index contributed by atoms with van der Waals surface area (Å²) in [5, 5.41) is 5.69. The highest BCUT2D eigenvalue weighted by molar-refractivity contribution is 6.00. The van der Waals surface area contributed by atoms with Gasteiger partial charge in [-0.05, 0) is 84.1 Å². The number of benzene rings is 3. The van der Waals surface area contributed by atoms with E-state index >= 15 is 0 Å². The third kappa shape index (κ3) is 4.15. The lowest BCUT2D eigenvalue weighted by molar-refractivity contribution is 0.0768. The fourth-order valence-corrected chi connectivity index (χ4v) is 7.69. The lowest BCUT2D eigenvalue weighted by atomic mass is 9.86. The molecule has 2 aliphatic heterocycles. The Morgan fingerprint density at radius 3 is 2.60 bits per heavy atom. The number of fused-ring (bicyclic) bond motifs is 2. The fourth-order valence-electron chi connectivity index (χ4n) is 7.69. The van der Waals surface area contributed by atoms with Gasteiger partial charge in [0, 0.05) is 61.0 Å². The maximum absolute atomic E-state index is 14.2. The number of anilines is 1. The van der Waals surface area contributed by atoms with Gasteiger partial charge in [0.2, 0.25) is 0 Å². The molecule has 216 valence electrons. The van der Waals surface area contributed by atoms with Crippen molar-refractivity contribution in [1.82, 2.24) is 19.7 Å². The van der Waals surface area contributed by atoms with Crippen LogP contribution in [-0.4, -0.2) is 65.0 Å². The zero-order valence-corrected chi connectivity index (χ0v) is 24.0. The van der Waals surface area contributed by atoms with Crippen LogP contribution in [0.4, 0.5) is 10.1 Å². The van der Waals surface area contributed by atoms with E-state index in [-0.39, 0.29) is 23.1 Å². The van der Waals surface area contributed by atoms with Gasteiger partial charge in [-0.25, -0.2) is 9.07 Å². The number of aromatic nitrogens is 3. The number of morpholine rings is 1. The van der Waals surface area contributed by atoms with Gasteiger partial charge in [-0.15, -0.1) is 0 Å². The van der Waals surface area contributed by atoms with Crippen LogP contribution < -0.4 is 4.90 Å². The highest BCUT2D eigenvalue weighted by Gasteiger charge is 2.71. The number of pyridine rings is 1. The van der Waals surface area contributed by atoms with Crippen molar-refractivity contribution in [3.8, 4) is 5.69 Å². The van der Waals surface area contributed by atoms with E-state index < -0.39 is 0 Å². The summed E-state index contributed by atoms with van der Waals surface area (Å²) >= 11 is 0. The zero-order chi connectivity index (χ0) is 29.1. The van der Waals surface area contributed by atoms with Crippen molar-refractivity contribution in [3.63, 3.8) is 0 Å². The SMILES string of the molecule is Cc1cc2c(cnn2-c2ccc(F)cc2)cc1[C@]12CN(C(=O)c3ccccc3N3CCOCC3)C[C@H]1[C@@H]2c1cccnc1. The number of aryl methyl sites for hydroxylation is 1. The number of amides is 1. The minimum absolute atomic E-state index is 0.0847. The molecule has 0 spiro atoms. The first-order valence-electron chi connectivity index (χ1n) is 14.9. The van der Waals surface area contributed by atoms with Crippen LogP contribution in [-0.2, 0) is 10.2 Å². The van der Waals surface area contributed by atoms with E-state index in [9.17, 15) is 9.18 Å². The molecule has 8 rings (SSSR count). The predicted molar refractivity (Wildman–Crippen MR) is 163 cm³/mol. The highest BCUT2D eigenvalue weighted by atomic mass is 19.1. The minimum Gasteiger partial charge on any atom is -0.378 e. The molecule has 0 unspecified atom stereocenters. The summed E-state index contributed by atoms with van der Waals surface area (Å²) in [6.07, 6.45) is 5.67. The molecule has 2 aromatic heterocycles. The number of carbonyl (C=O) groups is 1. The number of rotatable bonds is 5. The summed E-state index contributed by atoms with van der Waals surface area (Å²) in [5.74, 6) is 0.385. The number of carbonyl (C=O) groups excluding carboxylic acids is 1. The van der Waals surface area contributed by atoms with E-state index in [1.165, 1.54) is 23.3 Å². The molecular weight excluding hydrogens is 541 g/mol. The number of piperidine rings is 1. The average Bonchev–Trinajstić information content (AvgIpc) is 3.29. The largest absolute Gasteiger partial charge is 0.378 e. The molecule has 0 bridgehead atoms. The van der Waals surface area contributed by atoms with E-state index in [1.54, 1.807) is 12.1 Å². The quantitative estimate of drug-likeness (QED) is 0.278. The summed E-state index contributed by atoms with van der Waals surface area (Å²) in [6.45, 7) is 6.40. The molecule has 7 nitrogen and oxygen atoms in total. The molecule has 8 heteroatoms. The van der Waals surface area contributed by atoms with Gasteiger partial charge in [-0.2, -0.15) is 5.10 Å². The number of nitrogens with zero attached hydrogens (tertiary/aromatic N) is 5. The monoisotopic (exact) mass is 573 g/mol. The molecule has 4 heterocycles. The summed E-state index contributed by atoms with van der Waals surface area (Å²) < 4.78 is 21.0. The van der Waals surface area contributed by atoms with Crippen molar-refractivity contribution < 1.29 is 13.9 Å². The number of likely N-dealkylation sites (tertiary alicyclic amines) is 1. The van der Waals surface area contributed by atoms with E-state index in [0.717, 1.165) is 46.5 Å². The van der Waals surface area contributed by atoms with Crippen molar-refractivity contribution >= 4 is 22.5 Å². The molecule has 43 heavy (non-hydrogen) atoms. The second-order valence-electron chi connectivity index (χ2n) is 12.0. The van der Waals surface area contributed by atoms with Crippen LogP contribution in [0.5, 0.6) is 0 Å². The summed E-state index contributed by atoms with van der Waals surface area (Å²) in [6, 6.07) is 23.0. The highest BCUT2D eigenvalue weighted by Crippen LogP contribution is 2.70. The van der Waals surface area contributed by atoms with Crippen LogP contribution in [0.3, 0.4) is 0 Å². The number of ether oxygens (including phenoxy) is 1. The second-order valence-corrected chi connectivity index (χ2v) is 12.0. The number of hydrogen-bond donors (Lipinski definition) is 0. The standard InChI is InChI=1S/C35H32FN5O2/c1-23-17-32-25(20-38-41(32)27-10-8-26(36)9-11-27)18-29(23)35-22-40(21-30(35)33(35)24-5-4-12-37-19-24)34(42)28-6-2-3-7-31(28)39-13-15-43-16-14-39/h2-12,17-20,30,33H,13-16,21-22H2,1H3/t30-,33-,35+/m0/s1. The van der Waals surface area contributed by atoms with Crippen molar-refractivity contribution in [2.45, 2.75) is 18.3 Å². The van der Waals surface area contributed by atoms with Crippen molar-refractivity contribution in [3.05, 3.63) is 119 Å². The van der Waals surface area contributed by atoms with Crippen LogP contribution in [0, 0.1) is 18.7 Å². The molecular formula is C35H32FN5O2. The first-order valence-corrected chi connectivity index (χ1v) is 14.9. The van der Waals surface area contributed by atoms with Crippen molar-refractivity contribution in [2.24, 2.45) is 5.92 Å². The normalized spacial score (nSPS) is 23.0. The Morgan fingerprint density at radius 1 is 1.00 bits per heavy atom. The van der Waals surface area contributed by atoms with Gasteiger partial charge in [-0.3, -0.25) is 9.78 Å². The van der Waals surface area contributed by atoms with Crippen LogP contribution in [0.25, 0.3) is 16.6 Å². The van der Waals surface area contributed by atoms with E-state index in [0.29, 0.717) is 32.2 Å². The minimum atomic E-state index is -0.271. The first kappa shape index (κ1) is 26.1. The van der Waals surface area contributed by atoms with Gasteiger partial charge in [0.15, 0.2) is 0 Å². The average molecular weight is 574 g/mol. The van der Waals surface area contributed by atoms with E-state index in [2.05, 4.69) is 51.1 Å². The van der Waals surface area contributed by atoms with Crippen LogP contribution >= 0.6 is 0 Å². The summed E-state index contributed by atoms with van der Waals surface area (Å²) in [5.41, 5.74) is 6.97. The van der Waals surface area contributed by atoms with Gasteiger partial charge in [0.25, 0.3) is 5.91 Å². The van der Waals surface area contributed by atoms with Crippen LogP contribution in [0.2, 0.25) is 0 Å². The van der Waals surface area contributed by atoms with Gasteiger partial charge in [-0.1, -0.05) is 18.2 Å². The van der Waals surface area contributed by atoms with Crippen LogP contribution in [0.1, 0.15) is 33.0 Å². The molecule has 0 radical (unpaired) electrons. The molecule has 2 saturated heterocycles. The number of para-hydroxylation sites is 1. The molecule has 3 fully saturated rings. The first-order chi connectivity index (χ1) is 21.0. The Bertz CT molecular complexity index is 1830. The van der Waals surface area contributed by atoms with Crippen molar-refractivity contribution in [1.29, 1.82) is 0 Å². The maximum Gasteiger partial charge on any atom is 0.255 e. The van der Waals surface area contributed by atoms with Gasteiger partial charge in [0.05, 0.1) is 36.2 Å². The molecule has 0 N–H and O–H groups in total. The number of hydrogen-bond acceptors (Lipinski definition) is 5. The van der Waals surface area contributed by atoms with Crippen LogP contribution in [0.15, 0.2) is 91.4 Å². The Morgan fingerprint density at radius 2 is 1.81 bits per heavy atom. The predicted octanol–water partition coefficient (Wildman–Crippen LogP) is 5.51. The third-order valence-corrected chi connectivity index (χ3v) is 9.68. The lowest BCUT2D eigenvalue weighted by Crippen LogP contribution is -2.39. The molecule has 5 aromatic rings. The molecule has 1 saturated carbocycles. The Labute approximate surface area is 249 Å². The maximum atomic E-state index is 14.2. The second kappa shape index (κ2) is 10.0. The fraction of sp³-hybridized carbons (Fsp3) is 0.286. The molecule has 3 aromatic carbocycles. The molecule has 1 aliphatic carbocycles. The summed E-state index contributed by atoms with van der Waals surface area (Å²) in [4.78, 5) is 23.0. The van der Waals surface area contributed by atoms with E-state index in [4.69, 9.17) is 4.74 Å². The zero-order valence-electron chi connectivity index (χ0n) is 24.0. The van der Waals surface area contributed by atoms with Gasteiger partial charge in [0.1, 0.15) is 5.82 Å². The van der Waals surface area contributed by atoms with Gasteiger partial charge < -0.3 is 14.5 Å². The van der Waals surface area contributed by atoms with E-state index in [1.807, 2.05) is 47.5 Å². The topological polar surface area (TPSA) is 63.5 Å². The Balaban J connectivity index is 1.17. The lowest BCUT2D eigenvalue weighted by Gasteiger charge is -2.32. The molecule has 3 aliphatic rings. The Kier molecular flexibility index (Phi) is 6.08. The Hall–Kier alpha value is -4.56. The third-order valence-electron chi connectivity index (χ3n) is 9.68. The smallest absolute Gasteiger partial charge is 0.255 e. The number of halogens is 1. The summed E-state index contributed by atoms with van der Waals surface area (Å²) in [7, 11) is 0. The van der Waals surface area contributed by atoms with Gasteiger partial charge >= 0.3 is 0 Å². The molecule has 1 amide bonds. The molecule has 3 atom stereocenters. The van der Waals surface area contributed by atoms with Crippen molar-refractivity contribution in [2.75, 3.05) is 44.3 Å².